The molecule has 2 aliphatic rings. The lowest BCUT2D eigenvalue weighted by atomic mass is 9.74. The lowest BCUT2D eigenvalue weighted by molar-refractivity contribution is -0.0887. The van der Waals surface area contributed by atoms with Crippen LogP contribution in [0.15, 0.2) is 16.5 Å². The van der Waals surface area contributed by atoms with E-state index in [1.165, 1.54) is 0 Å². The molecule has 2 N–H and O–H groups in total. The van der Waals surface area contributed by atoms with Gasteiger partial charge in [0.25, 0.3) is 0 Å². The van der Waals surface area contributed by atoms with Crippen molar-refractivity contribution in [1.82, 2.24) is 0 Å². The third-order valence-electron chi connectivity index (χ3n) is 3.65. The van der Waals surface area contributed by atoms with Gasteiger partial charge in [0.1, 0.15) is 11.5 Å². The van der Waals surface area contributed by atoms with Crippen LogP contribution in [0.5, 0.6) is 0 Å². The van der Waals surface area contributed by atoms with Crippen LogP contribution < -0.4 is 5.73 Å². The highest BCUT2D eigenvalue weighted by Crippen LogP contribution is 2.53. The Hall–Kier alpha value is -0.800. The zero-order valence-corrected chi connectivity index (χ0v) is 8.38. The fourth-order valence-electron chi connectivity index (χ4n) is 2.29. The van der Waals surface area contributed by atoms with E-state index in [1.54, 1.807) is 0 Å². The van der Waals surface area contributed by atoms with E-state index in [1.807, 2.05) is 19.1 Å². The fraction of sp³-hybridized carbons (Fsp3) is 0.636. The van der Waals surface area contributed by atoms with E-state index in [0.29, 0.717) is 0 Å². The van der Waals surface area contributed by atoms with Gasteiger partial charge in [-0.05, 0) is 31.9 Å². The summed E-state index contributed by atoms with van der Waals surface area (Å²) in [4.78, 5) is 0. The van der Waals surface area contributed by atoms with E-state index in [4.69, 9.17) is 14.9 Å². The third kappa shape index (κ3) is 0.889. The average molecular weight is 193 g/mol. The van der Waals surface area contributed by atoms with Crippen molar-refractivity contribution in [3.05, 3.63) is 23.7 Å². The summed E-state index contributed by atoms with van der Waals surface area (Å²) in [5, 5.41) is 0. The quantitative estimate of drug-likeness (QED) is 0.771. The standard InChI is InChI=1S/C11H15NO2/c1-8-2-3-9(14-8)10(6-13-7-10)11(12)4-5-11/h2-3H,4-7,12H2,1H3. The summed E-state index contributed by atoms with van der Waals surface area (Å²) in [7, 11) is 0. The smallest absolute Gasteiger partial charge is 0.116 e. The van der Waals surface area contributed by atoms with Gasteiger partial charge < -0.3 is 14.9 Å². The highest BCUT2D eigenvalue weighted by Gasteiger charge is 2.63. The van der Waals surface area contributed by atoms with Crippen LogP contribution in [0.4, 0.5) is 0 Å². The monoisotopic (exact) mass is 193 g/mol. The SMILES string of the molecule is Cc1ccc(C2(C3(N)CC3)COC2)o1. The normalized spacial score (nSPS) is 27.0. The largest absolute Gasteiger partial charge is 0.466 e. The maximum absolute atomic E-state index is 6.29. The van der Waals surface area contributed by atoms with Crippen LogP contribution in [0.2, 0.25) is 0 Å². The lowest BCUT2D eigenvalue weighted by Gasteiger charge is -2.44. The summed E-state index contributed by atoms with van der Waals surface area (Å²) in [5.74, 6) is 1.97. The summed E-state index contributed by atoms with van der Waals surface area (Å²) in [6.07, 6.45) is 2.19. The summed E-state index contributed by atoms with van der Waals surface area (Å²) in [5.41, 5.74) is 6.20. The molecule has 0 bridgehead atoms. The molecule has 0 spiro atoms. The van der Waals surface area contributed by atoms with Crippen molar-refractivity contribution >= 4 is 0 Å². The van der Waals surface area contributed by atoms with Gasteiger partial charge in [0.15, 0.2) is 0 Å². The van der Waals surface area contributed by atoms with Gasteiger partial charge >= 0.3 is 0 Å². The molecule has 2 fully saturated rings. The Bertz CT molecular complexity index is 361. The van der Waals surface area contributed by atoms with Crippen molar-refractivity contribution in [3.8, 4) is 0 Å². The van der Waals surface area contributed by atoms with Gasteiger partial charge in [0.2, 0.25) is 0 Å². The molecule has 76 valence electrons. The molecule has 1 aliphatic carbocycles. The van der Waals surface area contributed by atoms with E-state index in [2.05, 4.69) is 0 Å². The second kappa shape index (κ2) is 2.41. The molecule has 0 atom stereocenters. The van der Waals surface area contributed by atoms with Gasteiger partial charge in [-0.25, -0.2) is 0 Å². The van der Waals surface area contributed by atoms with Crippen molar-refractivity contribution in [3.63, 3.8) is 0 Å². The highest BCUT2D eigenvalue weighted by atomic mass is 16.5. The van der Waals surface area contributed by atoms with Crippen molar-refractivity contribution in [1.29, 1.82) is 0 Å². The first kappa shape index (κ1) is 8.50. The number of furan rings is 1. The second-order valence-electron chi connectivity index (χ2n) is 4.64. The lowest BCUT2D eigenvalue weighted by Crippen LogP contribution is -2.60. The molecule has 1 aromatic rings. The molecular formula is C11H15NO2. The molecule has 3 heteroatoms. The molecule has 1 saturated carbocycles. The van der Waals surface area contributed by atoms with Crippen molar-refractivity contribution < 1.29 is 9.15 Å². The van der Waals surface area contributed by atoms with Crippen LogP contribution in [0, 0.1) is 6.92 Å². The van der Waals surface area contributed by atoms with Crippen LogP contribution in [-0.2, 0) is 10.2 Å². The van der Waals surface area contributed by atoms with Crippen LogP contribution >= 0.6 is 0 Å². The summed E-state index contributed by atoms with van der Waals surface area (Å²) in [6.45, 7) is 3.40. The van der Waals surface area contributed by atoms with Crippen LogP contribution in [-0.4, -0.2) is 18.8 Å². The molecule has 0 aromatic carbocycles. The number of hydrogen-bond acceptors (Lipinski definition) is 3. The number of aryl methyl sites for hydroxylation is 1. The molecule has 3 rings (SSSR count). The van der Waals surface area contributed by atoms with Gasteiger partial charge in [0, 0.05) is 5.54 Å². The minimum Gasteiger partial charge on any atom is -0.466 e. The predicted octanol–water partition coefficient (Wildman–Crippen LogP) is 1.35. The number of hydrogen-bond donors (Lipinski definition) is 1. The van der Waals surface area contributed by atoms with Crippen molar-refractivity contribution in [2.45, 2.75) is 30.7 Å². The number of rotatable bonds is 2. The molecular weight excluding hydrogens is 178 g/mol. The molecule has 1 saturated heterocycles. The Morgan fingerprint density at radius 2 is 2.00 bits per heavy atom. The predicted molar refractivity (Wildman–Crippen MR) is 52.1 cm³/mol. The zero-order valence-electron chi connectivity index (χ0n) is 8.38. The second-order valence-corrected chi connectivity index (χ2v) is 4.64. The Kier molecular flexibility index (Phi) is 1.46. The zero-order chi connectivity index (χ0) is 9.81. The van der Waals surface area contributed by atoms with E-state index < -0.39 is 0 Å². The number of nitrogens with two attached hydrogens (primary N) is 1. The Labute approximate surface area is 83.2 Å². The molecule has 0 unspecified atom stereocenters. The highest BCUT2D eigenvalue weighted by molar-refractivity contribution is 5.32. The van der Waals surface area contributed by atoms with Gasteiger partial charge in [0.05, 0.1) is 18.6 Å². The van der Waals surface area contributed by atoms with E-state index >= 15 is 0 Å². The summed E-state index contributed by atoms with van der Waals surface area (Å²) >= 11 is 0. The maximum atomic E-state index is 6.29. The molecule has 0 amide bonds. The first-order valence-electron chi connectivity index (χ1n) is 5.10. The summed E-state index contributed by atoms with van der Waals surface area (Å²) in [6, 6.07) is 4.05. The van der Waals surface area contributed by atoms with Gasteiger partial charge in [-0.2, -0.15) is 0 Å². The van der Waals surface area contributed by atoms with Gasteiger partial charge in [-0.1, -0.05) is 0 Å². The van der Waals surface area contributed by atoms with Crippen LogP contribution in [0.1, 0.15) is 24.4 Å². The molecule has 3 nitrogen and oxygen atoms in total. The van der Waals surface area contributed by atoms with Crippen LogP contribution in [0.25, 0.3) is 0 Å². The maximum Gasteiger partial charge on any atom is 0.116 e. The molecule has 2 heterocycles. The Morgan fingerprint density at radius 1 is 1.29 bits per heavy atom. The van der Waals surface area contributed by atoms with E-state index in [9.17, 15) is 0 Å². The van der Waals surface area contributed by atoms with Gasteiger partial charge in [-0.3, -0.25) is 0 Å². The molecule has 1 aromatic heterocycles. The topological polar surface area (TPSA) is 48.4 Å². The number of ether oxygens (including phenoxy) is 1. The first-order chi connectivity index (χ1) is 6.66. The molecule has 14 heavy (non-hydrogen) atoms. The van der Waals surface area contributed by atoms with Gasteiger partial charge in [-0.15, -0.1) is 0 Å². The minimum absolute atomic E-state index is 0.0265. The Morgan fingerprint density at radius 3 is 2.36 bits per heavy atom. The van der Waals surface area contributed by atoms with Crippen molar-refractivity contribution in [2.75, 3.05) is 13.2 Å². The van der Waals surface area contributed by atoms with E-state index in [-0.39, 0.29) is 11.0 Å². The molecule has 1 aliphatic heterocycles. The third-order valence-corrected chi connectivity index (χ3v) is 3.65. The minimum atomic E-state index is -0.0600. The van der Waals surface area contributed by atoms with Crippen LogP contribution in [0.3, 0.4) is 0 Å². The molecule has 0 radical (unpaired) electrons. The fourth-order valence-corrected chi connectivity index (χ4v) is 2.29. The average Bonchev–Trinajstić information content (AvgIpc) is 2.63. The Balaban J connectivity index is 2.01. The van der Waals surface area contributed by atoms with Crippen molar-refractivity contribution in [2.24, 2.45) is 5.73 Å². The van der Waals surface area contributed by atoms with E-state index in [0.717, 1.165) is 37.6 Å². The first-order valence-corrected chi connectivity index (χ1v) is 5.10. The summed E-state index contributed by atoms with van der Waals surface area (Å²) < 4.78 is 11.0.